The number of carboxylic acid groups (broad SMARTS) is 1. The number of aliphatic carboxylic acids is 1. The zero-order valence-corrected chi connectivity index (χ0v) is 11.2. The molecule has 0 aromatic carbocycles. The highest BCUT2D eigenvalue weighted by atomic mass is 16.4. The molecular weight excluding hydrogens is 246 g/mol. The van der Waals surface area contributed by atoms with Crippen molar-refractivity contribution in [3.63, 3.8) is 0 Å². The first-order valence-corrected chi connectivity index (χ1v) is 6.25. The van der Waals surface area contributed by atoms with Crippen LogP contribution in [-0.4, -0.2) is 40.1 Å². The topological polar surface area (TPSA) is 82.5 Å². The number of amides is 2. The molecule has 0 saturated heterocycles. The zero-order valence-electron chi connectivity index (χ0n) is 11.2. The maximum absolute atomic E-state index is 11.8. The van der Waals surface area contributed by atoms with Gasteiger partial charge in [-0.1, -0.05) is 13.0 Å². The standard InChI is InChI=1S/C13H19N3O3/c1-3-10-6-5-7-14-11(10)8-15-13(19)16(4-2)9-12(17)18/h5-7H,3-4,8-9H2,1-2H3,(H,15,19)(H,17,18). The van der Waals surface area contributed by atoms with Gasteiger partial charge < -0.3 is 15.3 Å². The summed E-state index contributed by atoms with van der Waals surface area (Å²) in [4.78, 5) is 27.9. The lowest BCUT2D eigenvalue weighted by Crippen LogP contribution is -2.42. The summed E-state index contributed by atoms with van der Waals surface area (Å²) < 4.78 is 0. The molecule has 0 saturated carbocycles. The van der Waals surface area contributed by atoms with Gasteiger partial charge in [-0.15, -0.1) is 0 Å². The molecule has 1 aromatic rings. The highest BCUT2D eigenvalue weighted by molar-refractivity contribution is 5.80. The molecule has 0 aliphatic rings. The number of likely N-dealkylation sites (N-methyl/N-ethyl adjacent to an activating group) is 1. The number of aromatic nitrogens is 1. The quantitative estimate of drug-likeness (QED) is 0.811. The monoisotopic (exact) mass is 265 g/mol. The van der Waals surface area contributed by atoms with Gasteiger partial charge in [-0.3, -0.25) is 9.78 Å². The average Bonchev–Trinajstić information content (AvgIpc) is 2.42. The molecule has 1 rings (SSSR count). The van der Waals surface area contributed by atoms with Crippen molar-refractivity contribution < 1.29 is 14.7 Å². The van der Waals surface area contributed by atoms with E-state index in [1.165, 1.54) is 4.90 Å². The van der Waals surface area contributed by atoms with Crippen LogP contribution in [0.3, 0.4) is 0 Å². The minimum atomic E-state index is -1.02. The second-order valence-electron chi connectivity index (χ2n) is 4.03. The third kappa shape index (κ3) is 4.57. The normalized spacial score (nSPS) is 10.0. The van der Waals surface area contributed by atoms with E-state index in [2.05, 4.69) is 10.3 Å². The van der Waals surface area contributed by atoms with E-state index in [4.69, 9.17) is 5.11 Å². The molecule has 6 heteroatoms. The zero-order chi connectivity index (χ0) is 14.3. The molecule has 2 N–H and O–H groups in total. The summed E-state index contributed by atoms with van der Waals surface area (Å²) >= 11 is 0. The number of nitrogens with zero attached hydrogens (tertiary/aromatic N) is 2. The number of carboxylic acids is 1. The Hall–Kier alpha value is -2.11. The molecule has 104 valence electrons. The van der Waals surface area contributed by atoms with E-state index in [-0.39, 0.29) is 6.54 Å². The van der Waals surface area contributed by atoms with Crippen LogP contribution >= 0.6 is 0 Å². The first kappa shape index (κ1) is 14.9. The second kappa shape index (κ2) is 7.35. The number of hydrogen-bond acceptors (Lipinski definition) is 3. The summed E-state index contributed by atoms with van der Waals surface area (Å²) in [5.74, 6) is -1.02. The van der Waals surface area contributed by atoms with Crippen molar-refractivity contribution >= 4 is 12.0 Å². The second-order valence-corrected chi connectivity index (χ2v) is 4.03. The van der Waals surface area contributed by atoms with E-state index in [0.717, 1.165) is 17.7 Å². The fourth-order valence-electron chi connectivity index (χ4n) is 1.71. The van der Waals surface area contributed by atoms with Crippen LogP contribution in [0.25, 0.3) is 0 Å². The van der Waals surface area contributed by atoms with E-state index in [9.17, 15) is 9.59 Å². The molecule has 0 fully saturated rings. The van der Waals surface area contributed by atoms with Crippen LogP contribution < -0.4 is 5.32 Å². The predicted octanol–water partition coefficient (Wildman–Crippen LogP) is 1.26. The Morgan fingerprint density at radius 1 is 1.42 bits per heavy atom. The van der Waals surface area contributed by atoms with Gasteiger partial charge in [0.15, 0.2) is 0 Å². The highest BCUT2D eigenvalue weighted by Crippen LogP contribution is 2.05. The lowest BCUT2D eigenvalue weighted by atomic mass is 10.1. The number of pyridine rings is 1. The van der Waals surface area contributed by atoms with Gasteiger partial charge >= 0.3 is 12.0 Å². The van der Waals surface area contributed by atoms with E-state index in [0.29, 0.717) is 13.1 Å². The number of rotatable bonds is 6. The van der Waals surface area contributed by atoms with Crippen LogP contribution in [0.4, 0.5) is 4.79 Å². The molecule has 0 aliphatic carbocycles. The van der Waals surface area contributed by atoms with Gasteiger partial charge in [0.2, 0.25) is 0 Å². The lowest BCUT2D eigenvalue weighted by molar-refractivity contribution is -0.137. The number of urea groups is 1. The van der Waals surface area contributed by atoms with Crippen LogP contribution in [0, 0.1) is 0 Å². The van der Waals surface area contributed by atoms with Crippen molar-refractivity contribution in [2.24, 2.45) is 0 Å². The summed E-state index contributed by atoms with van der Waals surface area (Å²) in [6.45, 7) is 4.11. The molecule has 0 bridgehead atoms. The van der Waals surface area contributed by atoms with Gasteiger partial charge in [0.1, 0.15) is 6.54 Å². The Bertz CT molecular complexity index is 449. The largest absolute Gasteiger partial charge is 0.480 e. The predicted molar refractivity (Wildman–Crippen MR) is 70.7 cm³/mol. The molecule has 6 nitrogen and oxygen atoms in total. The third-order valence-corrected chi connectivity index (χ3v) is 2.77. The van der Waals surface area contributed by atoms with E-state index in [1.807, 2.05) is 19.1 Å². The molecule has 0 radical (unpaired) electrons. The number of nitrogens with one attached hydrogen (secondary N) is 1. The van der Waals surface area contributed by atoms with Crippen molar-refractivity contribution in [2.75, 3.05) is 13.1 Å². The number of aryl methyl sites for hydroxylation is 1. The summed E-state index contributed by atoms with van der Waals surface area (Å²) in [7, 11) is 0. The first-order chi connectivity index (χ1) is 9.08. The highest BCUT2D eigenvalue weighted by Gasteiger charge is 2.14. The molecule has 2 amide bonds. The minimum Gasteiger partial charge on any atom is -0.480 e. The fraction of sp³-hybridized carbons (Fsp3) is 0.462. The van der Waals surface area contributed by atoms with Crippen molar-refractivity contribution in [3.05, 3.63) is 29.6 Å². The minimum absolute atomic E-state index is 0.300. The van der Waals surface area contributed by atoms with Gasteiger partial charge in [-0.05, 0) is 25.0 Å². The third-order valence-electron chi connectivity index (χ3n) is 2.77. The van der Waals surface area contributed by atoms with Gasteiger partial charge in [-0.2, -0.15) is 0 Å². The Labute approximate surface area is 112 Å². The summed E-state index contributed by atoms with van der Waals surface area (Å²) in [5, 5.41) is 11.4. The van der Waals surface area contributed by atoms with Crippen molar-refractivity contribution in [1.82, 2.24) is 15.2 Å². The smallest absolute Gasteiger partial charge is 0.323 e. The van der Waals surface area contributed by atoms with Gasteiger partial charge in [0.25, 0.3) is 0 Å². The summed E-state index contributed by atoms with van der Waals surface area (Å²) in [6.07, 6.45) is 2.52. The average molecular weight is 265 g/mol. The molecule has 1 aromatic heterocycles. The summed E-state index contributed by atoms with van der Waals surface area (Å²) in [5.41, 5.74) is 1.88. The number of carbonyl (C=O) groups is 2. The van der Waals surface area contributed by atoms with Crippen LogP contribution in [0.1, 0.15) is 25.1 Å². The Morgan fingerprint density at radius 3 is 2.74 bits per heavy atom. The van der Waals surface area contributed by atoms with E-state index >= 15 is 0 Å². The lowest BCUT2D eigenvalue weighted by Gasteiger charge is -2.19. The van der Waals surface area contributed by atoms with Gasteiger partial charge in [0, 0.05) is 12.7 Å². The van der Waals surface area contributed by atoms with Crippen LogP contribution in [0.2, 0.25) is 0 Å². The SMILES string of the molecule is CCc1cccnc1CNC(=O)N(CC)CC(=O)O. The molecular formula is C13H19N3O3. The maximum Gasteiger partial charge on any atom is 0.323 e. The summed E-state index contributed by atoms with van der Waals surface area (Å²) in [6, 6.07) is 3.42. The molecule has 19 heavy (non-hydrogen) atoms. The Balaban J connectivity index is 2.60. The van der Waals surface area contributed by atoms with Crippen molar-refractivity contribution in [1.29, 1.82) is 0 Å². The molecule has 0 spiro atoms. The molecule has 0 unspecified atom stereocenters. The van der Waals surface area contributed by atoms with Gasteiger partial charge in [0.05, 0.1) is 12.2 Å². The molecule has 1 heterocycles. The Kier molecular flexibility index (Phi) is 5.78. The molecule has 0 aliphatic heterocycles. The van der Waals surface area contributed by atoms with Crippen molar-refractivity contribution in [3.8, 4) is 0 Å². The maximum atomic E-state index is 11.8. The first-order valence-electron chi connectivity index (χ1n) is 6.25. The van der Waals surface area contributed by atoms with Crippen molar-refractivity contribution in [2.45, 2.75) is 26.8 Å². The Morgan fingerprint density at radius 2 is 2.16 bits per heavy atom. The fourth-order valence-corrected chi connectivity index (χ4v) is 1.71. The van der Waals surface area contributed by atoms with E-state index < -0.39 is 12.0 Å². The van der Waals surface area contributed by atoms with Gasteiger partial charge in [-0.25, -0.2) is 4.79 Å². The number of carbonyl (C=O) groups excluding carboxylic acids is 1. The molecule has 0 atom stereocenters. The van der Waals surface area contributed by atoms with Crippen LogP contribution in [0.5, 0.6) is 0 Å². The van der Waals surface area contributed by atoms with Crippen LogP contribution in [-0.2, 0) is 17.8 Å². The van der Waals surface area contributed by atoms with E-state index in [1.54, 1.807) is 13.1 Å². The van der Waals surface area contributed by atoms with Crippen LogP contribution in [0.15, 0.2) is 18.3 Å². The number of hydrogen-bond donors (Lipinski definition) is 2.